The van der Waals surface area contributed by atoms with Crippen molar-refractivity contribution in [2.45, 2.75) is 49.9 Å². The predicted molar refractivity (Wildman–Crippen MR) is 80.5 cm³/mol. The summed E-state index contributed by atoms with van der Waals surface area (Å²) in [6.07, 6.45) is -0.429. The Hall–Kier alpha value is -2.12. The zero-order chi connectivity index (χ0) is 17.4. The maximum atomic E-state index is 11.9. The van der Waals surface area contributed by atoms with Gasteiger partial charge in [-0.15, -0.1) is 0 Å². The first-order chi connectivity index (χ1) is 10.6. The molecule has 0 radical (unpaired) electrons. The molecule has 1 aromatic carbocycles. The molecule has 2 N–H and O–H groups in total. The summed E-state index contributed by atoms with van der Waals surface area (Å²) in [5.74, 6) is -2.21. The van der Waals surface area contributed by atoms with E-state index in [0.29, 0.717) is 5.56 Å². The van der Waals surface area contributed by atoms with Gasteiger partial charge in [-0.3, -0.25) is 19.7 Å². The van der Waals surface area contributed by atoms with Crippen LogP contribution in [0.1, 0.15) is 38.2 Å². The summed E-state index contributed by atoms with van der Waals surface area (Å²) in [5.41, 5.74) is -4.10. The summed E-state index contributed by atoms with van der Waals surface area (Å²) < 4.78 is 0. The molecule has 23 heavy (non-hydrogen) atoms. The van der Waals surface area contributed by atoms with Gasteiger partial charge in [0.05, 0.1) is 0 Å². The summed E-state index contributed by atoms with van der Waals surface area (Å²) >= 11 is 0. The zero-order valence-electron chi connectivity index (χ0n) is 12.9. The quantitative estimate of drug-likeness (QED) is 0.627. The highest BCUT2D eigenvalue weighted by atomic mass is 16.6. The summed E-state index contributed by atoms with van der Waals surface area (Å²) in [7, 11) is 0. The molecule has 1 aromatic rings. The molecule has 1 saturated carbocycles. The molecule has 2 unspecified atom stereocenters. The van der Waals surface area contributed by atoms with Crippen molar-refractivity contribution in [1.82, 2.24) is 0 Å². The first kappa shape index (κ1) is 17.2. The van der Waals surface area contributed by atoms with E-state index in [0.717, 1.165) is 13.8 Å². The third-order valence-corrected chi connectivity index (χ3v) is 4.72. The van der Waals surface area contributed by atoms with Gasteiger partial charge in [0.25, 0.3) is 6.04 Å². The van der Waals surface area contributed by atoms with Crippen LogP contribution >= 0.6 is 0 Å². The molecule has 1 aliphatic rings. The van der Waals surface area contributed by atoms with Gasteiger partial charge in [0, 0.05) is 4.92 Å². The Labute approximate surface area is 133 Å². The van der Waals surface area contributed by atoms with Crippen molar-refractivity contribution in [2.75, 3.05) is 0 Å². The number of carbonyl (C=O) groups excluding carboxylic acids is 2. The average molecular weight is 321 g/mol. The molecule has 0 spiro atoms. The lowest BCUT2D eigenvalue weighted by Crippen LogP contribution is -2.69. The van der Waals surface area contributed by atoms with Crippen molar-refractivity contribution < 1.29 is 24.7 Å². The first-order valence-electron chi connectivity index (χ1n) is 7.28. The van der Waals surface area contributed by atoms with Crippen molar-refractivity contribution in [3.8, 4) is 0 Å². The molecule has 0 amide bonds. The second kappa shape index (κ2) is 5.82. The lowest BCUT2D eigenvalue weighted by Gasteiger charge is -2.45. The number of aliphatic hydroxyl groups is 2. The highest BCUT2D eigenvalue weighted by molar-refractivity contribution is 5.91. The van der Waals surface area contributed by atoms with Crippen LogP contribution in [0, 0.1) is 10.1 Å². The van der Waals surface area contributed by atoms with E-state index in [4.69, 9.17) is 0 Å². The number of benzene rings is 1. The lowest BCUT2D eigenvalue weighted by atomic mass is 9.62. The topological polar surface area (TPSA) is 118 Å². The molecule has 0 saturated heterocycles. The van der Waals surface area contributed by atoms with Crippen LogP contribution in [0.3, 0.4) is 0 Å². The molecule has 1 fully saturated rings. The van der Waals surface area contributed by atoms with Crippen molar-refractivity contribution >= 4 is 11.6 Å². The molecule has 1 aliphatic carbocycles. The number of ketones is 2. The summed E-state index contributed by atoms with van der Waals surface area (Å²) in [6.45, 7) is 2.06. The molecular weight excluding hydrogens is 302 g/mol. The average Bonchev–Trinajstić information content (AvgIpc) is 2.46. The largest absolute Gasteiger partial charge is 0.376 e. The number of Topliss-reactive ketones (excluding diaryl/α,β-unsaturated/α-hetero) is 2. The van der Waals surface area contributed by atoms with Crippen molar-refractivity contribution in [3.63, 3.8) is 0 Å². The Morgan fingerprint density at radius 3 is 1.87 bits per heavy atom. The Kier molecular flexibility index (Phi) is 4.37. The van der Waals surface area contributed by atoms with E-state index in [1.807, 2.05) is 0 Å². The van der Waals surface area contributed by atoms with E-state index in [1.165, 1.54) is 0 Å². The minimum Gasteiger partial charge on any atom is -0.376 e. The number of hydrogen-bond donors (Lipinski definition) is 2. The molecule has 0 aliphatic heterocycles. The van der Waals surface area contributed by atoms with E-state index in [9.17, 15) is 29.9 Å². The fraction of sp³-hybridized carbons (Fsp3) is 0.500. The highest BCUT2D eigenvalue weighted by Crippen LogP contribution is 2.46. The minimum atomic E-state index is -2.40. The number of nitro groups is 1. The molecule has 2 rings (SSSR count). The Morgan fingerprint density at radius 2 is 1.52 bits per heavy atom. The van der Waals surface area contributed by atoms with Gasteiger partial charge in [0.1, 0.15) is 0 Å². The van der Waals surface area contributed by atoms with Crippen molar-refractivity contribution in [3.05, 3.63) is 46.0 Å². The van der Waals surface area contributed by atoms with Crippen LogP contribution in [-0.2, 0) is 9.59 Å². The van der Waals surface area contributed by atoms with Gasteiger partial charge in [0.15, 0.2) is 22.8 Å². The standard InChI is InChI=1S/C16H19NO6/c1-10(18)15(20)8-13(12-6-4-3-5-7-12)9-16(21,11(2)19)14(15)17(22)23/h3-7,13-14,20-21H,8-9H2,1-2H3/t13?,14?,15-,16+. The molecule has 0 aromatic heterocycles. The van der Waals surface area contributed by atoms with Gasteiger partial charge in [-0.25, -0.2) is 0 Å². The maximum absolute atomic E-state index is 11.9. The number of hydrogen-bond acceptors (Lipinski definition) is 6. The normalized spacial score (nSPS) is 33.9. The van der Waals surface area contributed by atoms with Crippen molar-refractivity contribution in [2.24, 2.45) is 0 Å². The van der Waals surface area contributed by atoms with Gasteiger partial charge in [-0.05, 0) is 38.2 Å². The molecule has 124 valence electrons. The Bertz CT molecular complexity index is 615. The van der Waals surface area contributed by atoms with Crippen LogP contribution < -0.4 is 0 Å². The van der Waals surface area contributed by atoms with E-state index >= 15 is 0 Å². The van der Waals surface area contributed by atoms with Crippen LogP contribution in [0.25, 0.3) is 0 Å². The molecule has 4 atom stereocenters. The van der Waals surface area contributed by atoms with E-state index in [1.54, 1.807) is 30.3 Å². The van der Waals surface area contributed by atoms with Gasteiger partial charge >= 0.3 is 0 Å². The predicted octanol–water partition coefficient (Wildman–Crippen LogP) is 0.849. The van der Waals surface area contributed by atoms with Crippen LogP contribution in [0.15, 0.2) is 30.3 Å². The van der Waals surface area contributed by atoms with Crippen LogP contribution in [0.4, 0.5) is 0 Å². The Morgan fingerprint density at radius 1 is 1.09 bits per heavy atom. The van der Waals surface area contributed by atoms with Crippen molar-refractivity contribution in [1.29, 1.82) is 0 Å². The third kappa shape index (κ3) is 2.77. The maximum Gasteiger partial charge on any atom is 0.283 e. The summed E-state index contributed by atoms with van der Waals surface area (Å²) in [5, 5.41) is 32.8. The summed E-state index contributed by atoms with van der Waals surface area (Å²) in [4.78, 5) is 34.4. The lowest BCUT2D eigenvalue weighted by molar-refractivity contribution is -0.564. The zero-order valence-corrected chi connectivity index (χ0v) is 12.9. The van der Waals surface area contributed by atoms with E-state index in [-0.39, 0.29) is 12.8 Å². The SMILES string of the molecule is CC(=O)[C@]1(O)CC(c2ccccc2)C[C@](O)(C(C)=O)C1[N+](=O)[O-]. The second-order valence-corrected chi connectivity index (χ2v) is 6.16. The van der Waals surface area contributed by atoms with Crippen LogP contribution in [0.5, 0.6) is 0 Å². The fourth-order valence-corrected chi connectivity index (χ4v) is 3.42. The molecule has 0 bridgehead atoms. The van der Waals surface area contributed by atoms with Crippen LogP contribution in [-0.4, -0.2) is 43.9 Å². The van der Waals surface area contributed by atoms with E-state index < -0.39 is 39.7 Å². The van der Waals surface area contributed by atoms with Gasteiger partial charge in [0.2, 0.25) is 0 Å². The van der Waals surface area contributed by atoms with Gasteiger partial charge in [-0.2, -0.15) is 0 Å². The molecule has 0 heterocycles. The summed E-state index contributed by atoms with van der Waals surface area (Å²) in [6, 6.07) is 6.66. The second-order valence-electron chi connectivity index (χ2n) is 6.16. The van der Waals surface area contributed by atoms with Gasteiger partial charge in [-0.1, -0.05) is 30.3 Å². The first-order valence-corrected chi connectivity index (χ1v) is 7.28. The highest BCUT2D eigenvalue weighted by Gasteiger charge is 2.67. The monoisotopic (exact) mass is 321 g/mol. The molecular formula is C16H19NO6. The minimum absolute atomic E-state index is 0.215. The molecule has 7 nitrogen and oxygen atoms in total. The molecule has 7 heteroatoms. The number of nitrogens with zero attached hydrogens (tertiary/aromatic N) is 1. The number of rotatable bonds is 4. The fourth-order valence-electron chi connectivity index (χ4n) is 3.42. The van der Waals surface area contributed by atoms with Gasteiger partial charge < -0.3 is 10.2 Å². The smallest absolute Gasteiger partial charge is 0.283 e. The third-order valence-electron chi connectivity index (χ3n) is 4.72. The van der Waals surface area contributed by atoms with E-state index in [2.05, 4.69) is 0 Å². The Balaban J connectivity index is 2.59. The van der Waals surface area contributed by atoms with Crippen LogP contribution in [0.2, 0.25) is 0 Å². The number of carbonyl (C=O) groups is 2.